The third-order valence-electron chi connectivity index (χ3n) is 3.06. The molecule has 0 unspecified atom stereocenters. The minimum Gasteiger partial charge on any atom is -0.200 e. The van der Waals surface area contributed by atoms with E-state index in [2.05, 4.69) is 23.8 Å². The lowest BCUT2D eigenvalue weighted by atomic mass is 10.0. The normalized spacial score (nSPS) is 12.4. The highest BCUT2D eigenvalue weighted by Crippen LogP contribution is 2.12. The molecule has 0 spiro atoms. The quantitative estimate of drug-likeness (QED) is 0.656. The third-order valence-corrected chi connectivity index (χ3v) is 4.29. The van der Waals surface area contributed by atoms with E-state index >= 15 is 0 Å². The molecule has 0 amide bonds. The van der Waals surface area contributed by atoms with Gasteiger partial charge in [0.05, 0.1) is 10.6 Å². The summed E-state index contributed by atoms with van der Waals surface area (Å²) in [5.41, 5.74) is 1.65. The predicted octanol–water partition coefficient (Wildman–Crippen LogP) is 3.42. The molecular weight excluding hydrogens is 296 g/mol. The molecule has 0 aromatic heterocycles. The fraction of sp³-hybridized carbons (Fsp3) is 0.235. The van der Waals surface area contributed by atoms with Crippen molar-refractivity contribution in [3.05, 3.63) is 66.2 Å². The largest absolute Gasteiger partial charge is 0.276 e. The van der Waals surface area contributed by atoms with Crippen molar-refractivity contribution in [1.82, 2.24) is 4.83 Å². The first-order valence-corrected chi connectivity index (χ1v) is 8.66. The molecule has 2 aromatic rings. The summed E-state index contributed by atoms with van der Waals surface area (Å²) in [4.78, 5) is 2.54. The van der Waals surface area contributed by atoms with Gasteiger partial charge in [-0.3, -0.25) is 0 Å². The van der Waals surface area contributed by atoms with Crippen molar-refractivity contribution < 1.29 is 8.42 Å². The predicted molar refractivity (Wildman–Crippen MR) is 89.2 cm³/mol. The van der Waals surface area contributed by atoms with Crippen LogP contribution in [0.3, 0.4) is 0 Å². The maximum absolute atomic E-state index is 12.2. The summed E-state index contributed by atoms with van der Waals surface area (Å²) in [6.45, 7) is 4.15. The summed E-state index contributed by atoms with van der Waals surface area (Å²) in [6, 6.07) is 17.8. The molecule has 2 aromatic carbocycles. The number of nitrogens with zero attached hydrogens (tertiary/aromatic N) is 1. The van der Waals surface area contributed by atoms with Gasteiger partial charge in [-0.1, -0.05) is 62.4 Å². The maximum atomic E-state index is 12.2. The van der Waals surface area contributed by atoms with Crippen LogP contribution >= 0.6 is 0 Å². The summed E-state index contributed by atoms with van der Waals surface area (Å²) >= 11 is 0. The van der Waals surface area contributed by atoms with Crippen LogP contribution in [0.25, 0.3) is 0 Å². The molecule has 5 heteroatoms. The topological polar surface area (TPSA) is 58.5 Å². The van der Waals surface area contributed by atoms with Crippen LogP contribution in [-0.2, 0) is 10.0 Å². The Morgan fingerprint density at radius 2 is 1.55 bits per heavy atom. The van der Waals surface area contributed by atoms with Gasteiger partial charge >= 0.3 is 0 Å². The van der Waals surface area contributed by atoms with Crippen molar-refractivity contribution >= 4 is 15.7 Å². The summed E-state index contributed by atoms with van der Waals surface area (Å²) in [5, 5.41) is 4.16. The van der Waals surface area contributed by atoms with Gasteiger partial charge in [-0.25, -0.2) is 0 Å². The first-order chi connectivity index (χ1) is 10.5. The molecule has 0 aliphatic rings. The van der Waals surface area contributed by atoms with E-state index in [1.165, 1.54) is 0 Å². The van der Waals surface area contributed by atoms with Crippen molar-refractivity contribution in [1.29, 1.82) is 0 Å². The summed E-state index contributed by atoms with van der Waals surface area (Å²) in [7, 11) is -3.64. The molecule has 0 fully saturated rings. The minimum atomic E-state index is -3.64. The SMILES string of the molecule is CC(C)C/C(=N/NS(=O)(=O)c1ccccc1)c1ccccc1. The highest BCUT2D eigenvalue weighted by Gasteiger charge is 2.13. The number of hydrogen-bond acceptors (Lipinski definition) is 3. The standard InChI is InChI=1S/C17H20N2O2S/c1-14(2)13-17(15-9-5-3-6-10-15)18-19-22(20,21)16-11-7-4-8-12-16/h3-12,14,19H,13H2,1-2H3/b18-17-. The van der Waals surface area contributed by atoms with Crippen molar-refractivity contribution in [3.8, 4) is 0 Å². The first-order valence-electron chi connectivity index (χ1n) is 7.18. The molecule has 2 rings (SSSR count). The van der Waals surface area contributed by atoms with Crippen LogP contribution in [0.5, 0.6) is 0 Å². The van der Waals surface area contributed by atoms with E-state index in [1.807, 2.05) is 30.3 Å². The molecule has 0 bridgehead atoms. The van der Waals surface area contributed by atoms with Crippen LogP contribution in [0.4, 0.5) is 0 Å². The van der Waals surface area contributed by atoms with Crippen LogP contribution in [0, 0.1) is 5.92 Å². The molecule has 0 saturated heterocycles. The van der Waals surface area contributed by atoms with Gasteiger partial charge in [-0.2, -0.15) is 18.4 Å². The zero-order chi connectivity index (χ0) is 16.0. The van der Waals surface area contributed by atoms with Gasteiger partial charge in [-0.15, -0.1) is 0 Å². The van der Waals surface area contributed by atoms with Gasteiger partial charge in [0.15, 0.2) is 0 Å². The second-order valence-corrected chi connectivity index (χ2v) is 7.09. The number of nitrogens with one attached hydrogen (secondary N) is 1. The second kappa shape index (κ2) is 7.22. The molecule has 0 saturated carbocycles. The Morgan fingerprint density at radius 3 is 2.09 bits per heavy atom. The van der Waals surface area contributed by atoms with Crippen LogP contribution in [0.1, 0.15) is 25.8 Å². The molecule has 0 radical (unpaired) electrons. The van der Waals surface area contributed by atoms with Crippen molar-refractivity contribution in [2.75, 3.05) is 0 Å². The lowest BCUT2D eigenvalue weighted by molar-refractivity contribution is 0.583. The number of hydrogen-bond donors (Lipinski definition) is 1. The highest BCUT2D eigenvalue weighted by atomic mass is 32.2. The number of rotatable bonds is 6. The van der Waals surface area contributed by atoms with E-state index in [-0.39, 0.29) is 4.90 Å². The van der Waals surface area contributed by atoms with Crippen molar-refractivity contribution in [2.45, 2.75) is 25.2 Å². The first kappa shape index (κ1) is 16.2. The van der Waals surface area contributed by atoms with E-state index < -0.39 is 10.0 Å². The highest BCUT2D eigenvalue weighted by molar-refractivity contribution is 7.89. The smallest absolute Gasteiger partial charge is 0.200 e. The van der Waals surface area contributed by atoms with Gasteiger partial charge in [0.25, 0.3) is 10.0 Å². The molecule has 22 heavy (non-hydrogen) atoms. The third kappa shape index (κ3) is 4.43. The molecular formula is C17H20N2O2S. The zero-order valence-electron chi connectivity index (χ0n) is 12.7. The lowest BCUT2D eigenvalue weighted by Gasteiger charge is -2.10. The number of hydrazone groups is 1. The monoisotopic (exact) mass is 316 g/mol. The van der Waals surface area contributed by atoms with E-state index in [0.29, 0.717) is 12.3 Å². The number of sulfonamides is 1. The van der Waals surface area contributed by atoms with Gasteiger partial charge in [0, 0.05) is 0 Å². The van der Waals surface area contributed by atoms with Gasteiger partial charge < -0.3 is 0 Å². The molecule has 1 N–H and O–H groups in total. The summed E-state index contributed by atoms with van der Waals surface area (Å²) in [5.74, 6) is 0.375. The molecule has 116 valence electrons. The van der Waals surface area contributed by atoms with E-state index in [4.69, 9.17) is 0 Å². The molecule has 0 aliphatic carbocycles. The fourth-order valence-electron chi connectivity index (χ4n) is 2.01. The molecule has 0 atom stereocenters. The van der Waals surface area contributed by atoms with Crippen LogP contribution in [-0.4, -0.2) is 14.1 Å². The van der Waals surface area contributed by atoms with Gasteiger partial charge in [0.1, 0.15) is 0 Å². The Balaban J connectivity index is 2.27. The van der Waals surface area contributed by atoms with Crippen molar-refractivity contribution in [2.24, 2.45) is 11.0 Å². The Kier molecular flexibility index (Phi) is 5.33. The van der Waals surface area contributed by atoms with Crippen LogP contribution in [0.15, 0.2) is 70.7 Å². The Bertz CT molecular complexity index is 724. The van der Waals surface area contributed by atoms with Crippen LogP contribution < -0.4 is 4.83 Å². The lowest BCUT2D eigenvalue weighted by Crippen LogP contribution is -2.21. The molecule has 0 heterocycles. The maximum Gasteiger partial charge on any atom is 0.276 e. The fourth-order valence-corrected chi connectivity index (χ4v) is 2.86. The second-order valence-electron chi connectivity index (χ2n) is 5.43. The summed E-state index contributed by atoms with van der Waals surface area (Å²) < 4.78 is 24.5. The number of benzene rings is 2. The summed E-state index contributed by atoms with van der Waals surface area (Å²) in [6.07, 6.45) is 0.696. The average Bonchev–Trinajstić information content (AvgIpc) is 2.53. The van der Waals surface area contributed by atoms with Crippen molar-refractivity contribution in [3.63, 3.8) is 0 Å². The Hall–Kier alpha value is -2.14. The Morgan fingerprint density at radius 1 is 1.00 bits per heavy atom. The van der Waals surface area contributed by atoms with Gasteiger partial charge in [0.2, 0.25) is 0 Å². The molecule has 4 nitrogen and oxygen atoms in total. The van der Waals surface area contributed by atoms with Crippen LogP contribution in [0.2, 0.25) is 0 Å². The minimum absolute atomic E-state index is 0.204. The zero-order valence-corrected chi connectivity index (χ0v) is 13.5. The van der Waals surface area contributed by atoms with Gasteiger partial charge in [-0.05, 0) is 30.0 Å². The Labute approximate surface area is 131 Å². The van der Waals surface area contributed by atoms with E-state index in [9.17, 15) is 8.42 Å². The average molecular weight is 316 g/mol. The van der Waals surface area contributed by atoms with E-state index in [0.717, 1.165) is 11.3 Å². The molecule has 0 aliphatic heterocycles. The van der Waals surface area contributed by atoms with E-state index in [1.54, 1.807) is 30.3 Å².